The quantitative estimate of drug-likeness (QED) is 0.399. The van der Waals surface area contributed by atoms with Crippen LogP contribution < -0.4 is 0 Å². The Morgan fingerprint density at radius 3 is 2.60 bits per heavy atom. The molecule has 0 spiro atoms. The number of ether oxygens (including phenoxy) is 3. The van der Waals surface area contributed by atoms with E-state index < -0.39 is 17.8 Å². The van der Waals surface area contributed by atoms with Gasteiger partial charge >= 0.3 is 5.97 Å². The van der Waals surface area contributed by atoms with Crippen LogP contribution in [-0.2, 0) is 19.0 Å². The molecule has 1 atom stereocenters. The van der Waals surface area contributed by atoms with Gasteiger partial charge < -0.3 is 14.2 Å². The summed E-state index contributed by atoms with van der Waals surface area (Å²) in [6.07, 6.45) is 0. The molecule has 15 heavy (non-hydrogen) atoms. The van der Waals surface area contributed by atoms with E-state index in [4.69, 9.17) is 21.1 Å². The van der Waals surface area contributed by atoms with E-state index in [1.165, 1.54) is 0 Å². The summed E-state index contributed by atoms with van der Waals surface area (Å²) in [4.78, 5) is 22.0. The molecule has 86 valence electrons. The number of alkyl halides is 1. The largest absolute Gasteiger partial charge is 0.464 e. The molecule has 1 rings (SSSR count). The lowest BCUT2D eigenvalue weighted by atomic mass is 10.1. The summed E-state index contributed by atoms with van der Waals surface area (Å²) in [5, 5.41) is 2.67. The summed E-state index contributed by atoms with van der Waals surface area (Å²) in [6.45, 7) is 2.34. The van der Waals surface area contributed by atoms with Gasteiger partial charge in [0.2, 0.25) is 11.8 Å². The number of esters is 1. The van der Waals surface area contributed by atoms with Gasteiger partial charge in [0.05, 0.1) is 25.7 Å². The average molecular weight is 238 g/mol. The van der Waals surface area contributed by atoms with Crippen molar-refractivity contribution in [2.45, 2.75) is 18.8 Å². The van der Waals surface area contributed by atoms with E-state index in [0.29, 0.717) is 0 Å². The highest BCUT2D eigenvalue weighted by Gasteiger charge is 2.50. The third-order valence-electron chi connectivity index (χ3n) is 1.99. The molecular weight excluding hydrogens is 226 g/mol. The third-order valence-corrected chi connectivity index (χ3v) is 2.37. The lowest BCUT2D eigenvalue weighted by molar-refractivity contribution is -0.180. The summed E-state index contributed by atoms with van der Waals surface area (Å²) in [5.74, 6) is -2.40. The van der Waals surface area contributed by atoms with Crippen LogP contribution in [0, 0.1) is 4.91 Å². The van der Waals surface area contributed by atoms with Gasteiger partial charge in [0.25, 0.3) is 0 Å². The smallest absolute Gasteiger partial charge is 0.340 e. The van der Waals surface area contributed by atoms with E-state index in [-0.39, 0.29) is 25.7 Å². The molecule has 1 unspecified atom stereocenters. The maximum Gasteiger partial charge on any atom is 0.340 e. The predicted molar refractivity (Wildman–Crippen MR) is 51.6 cm³/mol. The van der Waals surface area contributed by atoms with Crippen molar-refractivity contribution < 1.29 is 19.0 Å². The number of carbonyl (C=O) groups excluding carboxylic acids is 1. The van der Waals surface area contributed by atoms with E-state index in [2.05, 4.69) is 9.91 Å². The highest BCUT2D eigenvalue weighted by atomic mass is 35.5. The standard InChI is InChI=1S/C8H12ClNO5/c1-2-13-7(11)6(10-12)8(5-9)14-3-4-15-8/h6H,2-5H2,1H3. The minimum Gasteiger partial charge on any atom is -0.464 e. The molecule has 0 aromatic rings. The fraction of sp³-hybridized carbons (Fsp3) is 0.875. The molecule has 0 aliphatic carbocycles. The molecule has 0 aromatic heterocycles. The average Bonchev–Trinajstić information content (AvgIpc) is 2.69. The van der Waals surface area contributed by atoms with Crippen molar-refractivity contribution in [3.63, 3.8) is 0 Å². The number of hydrogen-bond acceptors (Lipinski definition) is 6. The van der Waals surface area contributed by atoms with Crippen LogP contribution in [0.3, 0.4) is 0 Å². The Morgan fingerprint density at radius 2 is 2.20 bits per heavy atom. The molecule has 0 aromatic carbocycles. The molecule has 0 amide bonds. The van der Waals surface area contributed by atoms with Gasteiger partial charge in [0.15, 0.2) is 0 Å². The van der Waals surface area contributed by atoms with Gasteiger partial charge in [-0.1, -0.05) is 0 Å². The first-order chi connectivity index (χ1) is 7.20. The lowest BCUT2D eigenvalue weighted by Gasteiger charge is -2.27. The highest BCUT2D eigenvalue weighted by molar-refractivity contribution is 6.18. The van der Waals surface area contributed by atoms with E-state index in [1.54, 1.807) is 6.92 Å². The summed E-state index contributed by atoms with van der Waals surface area (Å²) < 4.78 is 15.0. The van der Waals surface area contributed by atoms with Crippen molar-refractivity contribution >= 4 is 17.6 Å². The summed E-state index contributed by atoms with van der Waals surface area (Å²) in [7, 11) is 0. The molecule has 1 saturated heterocycles. The topological polar surface area (TPSA) is 74.2 Å². The van der Waals surface area contributed by atoms with Gasteiger partial charge in [-0.05, 0) is 12.1 Å². The molecule has 1 heterocycles. The fourth-order valence-corrected chi connectivity index (χ4v) is 1.60. The van der Waals surface area contributed by atoms with Crippen molar-refractivity contribution in [3.05, 3.63) is 4.91 Å². The van der Waals surface area contributed by atoms with Gasteiger partial charge in [-0.15, -0.1) is 16.5 Å². The van der Waals surface area contributed by atoms with Crippen LogP contribution >= 0.6 is 11.6 Å². The maximum atomic E-state index is 11.4. The number of nitrogens with zero attached hydrogens (tertiary/aromatic N) is 1. The number of halogens is 1. The van der Waals surface area contributed by atoms with Gasteiger partial charge in [0.1, 0.15) is 0 Å². The normalized spacial score (nSPS) is 20.9. The lowest BCUT2D eigenvalue weighted by Crippen LogP contribution is -2.49. The maximum absolute atomic E-state index is 11.4. The Bertz CT molecular complexity index is 241. The number of rotatable bonds is 5. The molecule has 0 saturated carbocycles. The second-order valence-electron chi connectivity index (χ2n) is 2.90. The van der Waals surface area contributed by atoms with E-state index in [0.717, 1.165) is 0 Å². The fourth-order valence-electron chi connectivity index (χ4n) is 1.30. The first-order valence-electron chi connectivity index (χ1n) is 4.53. The molecule has 7 heteroatoms. The van der Waals surface area contributed by atoms with Crippen LogP contribution in [0.4, 0.5) is 0 Å². The molecule has 1 aliphatic rings. The summed E-state index contributed by atoms with van der Waals surface area (Å²) >= 11 is 5.63. The highest BCUT2D eigenvalue weighted by Crippen LogP contribution is 2.28. The Morgan fingerprint density at radius 1 is 1.60 bits per heavy atom. The number of nitroso groups, excluding NO2 is 1. The van der Waals surface area contributed by atoms with Crippen LogP contribution in [0.25, 0.3) is 0 Å². The number of hydrogen-bond donors (Lipinski definition) is 0. The van der Waals surface area contributed by atoms with Crippen LogP contribution in [0.2, 0.25) is 0 Å². The van der Waals surface area contributed by atoms with E-state index in [9.17, 15) is 9.70 Å². The third kappa shape index (κ3) is 2.45. The van der Waals surface area contributed by atoms with Gasteiger partial charge in [-0.25, -0.2) is 4.79 Å². The zero-order chi connectivity index (χ0) is 11.3. The molecular formula is C8H12ClNO5. The molecule has 0 bridgehead atoms. The monoisotopic (exact) mass is 237 g/mol. The molecule has 6 nitrogen and oxygen atoms in total. The van der Waals surface area contributed by atoms with Crippen molar-refractivity contribution in [2.75, 3.05) is 25.7 Å². The second-order valence-corrected chi connectivity index (χ2v) is 3.17. The van der Waals surface area contributed by atoms with Crippen molar-refractivity contribution in [2.24, 2.45) is 5.18 Å². The summed E-state index contributed by atoms with van der Waals surface area (Å²) in [5.41, 5.74) is 0. The van der Waals surface area contributed by atoms with Crippen molar-refractivity contribution in [1.82, 2.24) is 0 Å². The number of carbonyl (C=O) groups is 1. The molecule has 0 N–H and O–H groups in total. The van der Waals surface area contributed by atoms with Crippen LogP contribution in [0.5, 0.6) is 0 Å². The minimum absolute atomic E-state index is 0.151. The van der Waals surface area contributed by atoms with Crippen molar-refractivity contribution in [3.8, 4) is 0 Å². The van der Waals surface area contributed by atoms with Gasteiger partial charge in [-0.2, -0.15) is 0 Å². The van der Waals surface area contributed by atoms with E-state index >= 15 is 0 Å². The molecule has 1 fully saturated rings. The first-order valence-corrected chi connectivity index (χ1v) is 5.06. The first kappa shape index (κ1) is 12.4. The zero-order valence-corrected chi connectivity index (χ0v) is 9.03. The van der Waals surface area contributed by atoms with Gasteiger partial charge in [-0.3, -0.25) is 0 Å². The zero-order valence-electron chi connectivity index (χ0n) is 8.27. The van der Waals surface area contributed by atoms with Gasteiger partial charge in [0, 0.05) is 0 Å². The Labute approximate surface area is 91.8 Å². The SMILES string of the molecule is CCOC(=O)C(N=O)C1(CCl)OCCO1. The minimum atomic E-state index is -1.46. The second kappa shape index (κ2) is 5.39. The Balaban J connectivity index is 2.78. The van der Waals surface area contributed by atoms with Crippen LogP contribution in [0.15, 0.2) is 5.18 Å². The molecule has 0 radical (unpaired) electrons. The molecule has 1 aliphatic heterocycles. The van der Waals surface area contributed by atoms with Crippen molar-refractivity contribution in [1.29, 1.82) is 0 Å². The predicted octanol–water partition coefficient (Wildman–Crippen LogP) is 0.666. The van der Waals surface area contributed by atoms with E-state index in [1.807, 2.05) is 0 Å². The van der Waals surface area contributed by atoms with Crippen LogP contribution in [-0.4, -0.2) is 43.5 Å². The van der Waals surface area contributed by atoms with Crippen LogP contribution in [0.1, 0.15) is 6.92 Å². The summed E-state index contributed by atoms with van der Waals surface area (Å²) in [6, 6.07) is -1.38. The Kier molecular flexibility index (Phi) is 4.44. The Hall–Kier alpha value is -0.720.